The van der Waals surface area contributed by atoms with Crippen LogP contribution in [0.4, 0.5) is 0 Å². The smallest absolute Gasteiger partial charge is 0.338 e. The number of carbonyl (C=O) groups is 1. The third kappa shape index (κ3) is 4.11. The van der Waals surface area contributed by atoms with Crippen LogP contribution >= 0.6 is 0 Å². The minimum Gasteiger partial charge on any atom is -0.458 e. The molecule has 2 aromatic carbocycles. The fourth-order valence-electron chi connectivity index (χ4n) is 1.65. The van der Waals surface area contributed by atoms with Gasteiger partial charge >= 0.3 is 5.97 Å². The Hall–Kier alpha value is -2.35. The van der Waals surface area contributed by atoms with Gasteiger partial charge < -0.3 is 4.74 Å². The van der Waals surface area contributed by atoms with Gasteiger partial charge in [0.2, 0.25) is 0 Å². The zero-order chi connectivity index (χ0) is 13.5. The van der Waals surface area contributed by atoms with Gasteiger partial charge in [-0.2, -0.15) is 0 Å². The standard InChI is InChI=1S/C17H16O2/c1-14-9-11-16(12-10-14)17(18)19-13-5-8-15-6-3-2-4-7-15/h2-12H,13H2,1H3/b8-5-. The predicted molar refractivity (Wildman–Crippen MR) is 76.9 cm³/mol. The van der Waals surface area contributed by atoms with E-state index in [9.17, 15) is 4.79 Å². The fraction of sp³-hybridized carbons (Fsp3) is 0.118. The Labute approximate surface area is 113 Å². The predicted octanol–water partition coefficient (Wildman–Crippen LogP) is 3.87. The van der Waals surface area contributed by atoms with Crippen LogP contribution in [0.25, 0.3) is 6.08 Å². The molecule has 0 aromatic heterocycles. The highest BCUT2D eigenvalue weighted by Crippen LogP contribution is 2.05. The molecule has 0 aliphatic heterocycles. The first-order chi connectivity index (χ1) is 9.25. The molecule has 0 radical (unpaired) electrons. The van der Waals surface area contributed by atoms with Gasteiger partial charge in [-0.3, -0.25) is 0 Å². The molecule has 0 aliphatic carbocycles. The second kappa shape index (κ2) is 6.55. The summed E-state index contributed by atoms with van der Waals surface area (Å²) in [6.07, 6.45) is 3.77. The Balaban J connectivity index is 1.84. The molecular formula is C17H16O2. The molecule has 0 heterocycles. The van der Waals surface area contributed by atoms with Crippen molar-refractivity contribution in [1.82, 2.24) is 0 Å². The van der Waals surface area contributed by atoms with Gasteiger partial charge in [0.25, 0.3) is 0 Å². The molecule has 2 heteroatoms. The monoisotopic (exact) mass is 252 g/mol. The molecule has 2 rings (SSSR count). The van der Waals surface area contributed by atoms with E-state index < -0.39 is 0 Å². The maximum absolute atomic E-state index is 11.7. The van der Waals surface area contributed by atoms with Gasteiger partial charge in [0, 0.05) is 0 Å². The number of hydrogen-bond acceptors (Lipinski definition) is 2. The number of carbonyl (C=O) groups excluding carboxylic acids is 1. The van der Waals surface area contributed by atoms with Gasteiger partial charge in [0.1, 0.15) is 6.61 Å². The van der Waals surface area contributed by atoms with Gasteiger partial charge in [-0.05, 0) is 30.7 Å². The van der Waals surface area contributed by atoms with Gasteiger partial charge in [-0.15, -0.1) is 0 Å². The Morgan fingerprint density at radius 2 is 1.74 bits per heavy atom. The molecular weight excluding hydrogens is 236 g/mol. The lowest BCUT2D eigenvalue weighted by molar-refractivity contribution is 0.0550. The molecule has 19 heavy (non-hydrogen) atoms. The summed E-state index contributed by atoms with van der Waals surface area (Å²) in [5.74, 6) is -0.294. The average molecular weight is 252 g/mol. The van der Waals surface area contributed by atoms with Crippen LogP contribution in [0.15, 0.2) is 60.7 Å². The lowest BCUT2D eigenvalue weighted by atomic mass is 10.1. The van der Waals surface area contributed by atoms with Crippen molar-refractivity contribution in [1.29, 1.82) is 0 Å². The highest BCUT2D eigenvalue weighted by Gasteiger charge is 2.04. The highest BCUT2D eigenvalue weighted by molar-refractivity contribution is 5.89. The van der Waals surface area contributed by atoms with Crippen LogP contribution in [-0.2, 0) is 4.74 Å². The summed E-state index contributed by atoms with van der Waals surface area (Å²) in [7, 11) is 0. The minimum atomic E-state index is -0.294. The average Bonchev–Trinajstić information content (AvgIpc) is 2.45. The lowest BCUT2D eigenvalue weighted by Gasteiger charge is -2.02. The van der Waals surface area contributed by atoms with E-state index in [1.165, 1.54) is 0 Å². The summed E-state index contributed by atoms with van der Waals surface area (Å²) in [6, 6.07) is 17.3. The Kier molecular flexibility index (Phi) is 4.51. The summed E-state index contributed by atoms with van der Waals surface area (Å²) >= 11 is 0. The molecule has 2 aromatic rings. The van der Waals surface area contributed by atoms with E-state index in [1.807, 2.05) is 61.5 Å². The molecule has 96 valence electrons. The molecule has 0 amide bonds. The third-order valence-corrected chi connectivity index (χ3v) is 2.71. The van der Waals surface area contributed by atoms with Crippen molar-refractivity contribution < 1.29 is 9.53 Å². The van der Waals surface area contributed by atoms with E-state index in [1.54, 1.807) is 12.1 Å². The Morgan fingerprint density at radius 3 is 2.42 bits per heavy atom. The number of benzene rings is 2. The first kappa shape index (κ1) is 13.1. The molecule has 0 unspecified atom stereocenters. The summed E-state index contributed by atoms with van der Waals surface area (Å²) in [4.78, 5) is 11.7. The maximum atomic E-state index is 11.7. The summed E-state index contributed by atoms with van der Waals surface area (Å²) in [5.41, 5.74) is 2.80. The number of hydrogen-bond donors (Lipinski definition) is 0. The van der Waals surface area contributed by atoms with Gasteiger partial charge in [0.15, 0.2) is 0 Å². The number of esters is 1. The Bertz CT molecular complexity index is 554. The van der Waals surface area contributed by atoms with Crippen molar-refractivity contribution in [2.45, 2.75) is 6.92 Å². The van der Waals surface area contributed by atoms with Gasteiger partial charge in [-0.25, -0.2) is 4.79 Å². The Morgan fingerprint density at radius 1 is 1.05 bits per heavy atom. The zero-order valence-electron chi connectivity index (χ0n) is 10.9. The number of aryl methyl sites for hydroxylation is 1. The summed E-state index contributed by atoms with van der Waals surface area (Å²) < 4.78 is 5.16. The summed E-state index contributed by atoms with van der Waals surface area (Å²) in [6.45, 7) is 2.26. The summed E-state index contributed by atoms with van der Waals surface area (Å²) in [5, 5.41) is 0. The molecule has 0 aliphatic rings. The lowest BCUT2D eigenvalue weighted by Crippen LogP contribution is -2.04. The van der Waals surface area contributed by atoms with Crippen LogP contribution in [0.1, 0.15) is 21.5 Å². The quantitative estimate of drug-likeness (QED) is 0.772. The molecule has 0 spiro atoms. The van der Waals surface area contributed by atoms with E-state index >= 15 is 0 Å². The van der Waals surface area contributed by atoms with Crippen LogP contribution in [-0.4, -0.2) is 12.6 Å². The van der Waals surface area contributed by atoms with E-state index in [0.29, 0.717) is 5.56 Å². The molecule has 0 fully saturated rings. The fourth-order valence-corrected chi connectivity index (χ4v) is 1.65. The number of ether oxygens (including phenoxy) is 1. The largest absolute Gasteiger partial charge is 0.458 e. The molecule has 0 atom stereocenters. The first-order valence-corrected chi connectivity index (χ1v) is 6.21. The van der Waals surface area contributed by atoms with Crippen LogP contribution in [0.5, 0.6) is 0 Å². The van der Waals surface area contributed by atoms with Crippen molar-refractivity contribution in [3.05, 3.63) is 77.4 Å². The van der Waals surface area contributed by atoms with Crippen molar-refractivity contribution in [2.24, 2.45) is 0 Å². The molecule has 0 bridgehead atoms. The normalized spacial score (nSPS) is 10.6. The van der Waals surface area contributed by atoms with Crippen molar-refractivity contribution >= 4 is 12.0 Å². The second-order valence-electron chi connectivity index (χ2n) is 4.28. The van der Waals surface area contributed by atoms with Crippen LogP contribution in [0.3, 0.4) is 0 Å². The van der Waals surface area contributed by atoms with Crippen molar-refractivity contribution in [3.63, 3.8) is 0 Å². The maximum Gasteiger partial charge on any atom is 0.338 e. The second-order valence-corrected chi connectivity index (χ2v) is 4.28. The van der Waals surface area contributed by atoms with Crippen LogP contribution < -0.4 is 0 Å². The SMILES string of the molecule is Cc1ccc(C(=O)OC/C=C\c2ccccc2)cc1. The first-order valence-electron chi connectivity index (χ1n) is 6.21. The van der Waals surface area contributed by atoms with Crippen LogP contribution in [0, 0.1) is 6.92 Å². The number of rotatable bonds is 4. The zero-order valence-corrected chi connectivity index (χ0v) is 10.9. The van der Waals surface area contributed by atoms with Crippen LogP contribution in [0.2, 0.25) is 0 Å². The van der Waals surface area contributed by atoms with E-state index in [-0.39, 0.29) is 12.6 Å². The minimum absolute atomic E-state index is 0.279. The molecule has 2 nitrogen and oxygen atoms in total. The van der Waals surface area contributed by atoms with Gasteiger partial charge in [-0.1, -0.05) is 54.1 Å². The van der Waals surface area contributed by atoms with E-state index in [2.05, 4.69) is 0 Å². The molecule has 0 N–H and O–H groups in total. The topological polar surface area (TPSA) is 26.3 Å². The van der Waals surface area contributed by atoms with Crippen molar-refractivity contribution in [3.8, 4) is 0 Å². The van der Waals surface area contributed by atoms with Gasteiger partial charge in [0.05, 0.1) is 5.56 Å². The van der Waals surface area contributed by atoms with E-state index in [4.69, 9.17) is 4.74 Å². The van der Waals surface area contributed by atoms with Crippen molar-refractivity contribution in [2.75, 3.05) is 6.61 Å². The highest BCUT2D eigenvalue weighted by atomic mass is 16.5. The van der Waals surface area contributed by atoms with E-state index in [0.717, 1.165) is 11.1 Å². The molecule has 0 saturated carbocycles. The third-order valence-electron chi connectivity index (χ3n) is 2.71. The molecule has 0 saturated heterocycles.